The molecule has 2 N–H and O–H groups in total. The van der Waals surface area contributed by atoms with E-state index in [1.165, 1.54) is 0 Å². The Balaban J connectivity index is 1.46. The van der Waals surface area contributed by atoms with E-state index in [4.69, 9.17) is 4.74 Å². The van der Waals surface area contributed by atoms with E-state index in [0.29, 0.717) is 13.2 Å². The third-order valence-electron chi connectivity index (χ3n) is 3.91. The quantitative estimate of drug-likeness (QED) is 0.785. The maximum absolute atomic E-state index is 12.1. The first-order valence-electron chi connectivity index (χ1n) is 7.46. The maximum atomic E-state index is 12.1. The molecule has 114 valence electrons. The normalized spacial score (nSPS) is 23.8. The van der Waals surface area contributed by atoms with Crippen LogP contribution in [0.5, 0.6) is 0 Å². The molecule has 7 heteroatoms. The summed E-state index contributed by atoms with van der Waals surface area (Å²) in [6.07, 6.45) is 5.34. The lowest BCUT2D eigenvalue weighted by atomic mass is 10.0. The van der Waals surface area contributed by atoms with Crippen LogP contribution in [0.3, 0.4) is 0 Å². The van der Waals surface area contributed by atoms with Crippen LogP contribution in [-0.2, 0) is 9.53 Å². The Morgan fingerprint density at radius 2 is 2.10 bits per heavy atom. The molecular weight excluding hydrogens is 270 g/mol. The third-order valence-corrected chi connectivity index (χ3v) is 3.91. The molecule has 2 fully saturated rings. The van der Waals surface area contributed by atoms with Gasteiger partial charge >= 0.3 is 0 Å². The van der Waals surface area contributed by atoms with Gasteiger partial charge in [-0.2, -0.15) is 0 Å². The highest BCUT2D eigenvalue weighted by molar-refractivity contribution is 5.82. The highest BCUT2D eigenvalue weighted by atomic mass is 16.5. The van der Waals surface area contributed by atoms with E-state index in [2.05, 4.69) is 25.5 Å². The summed E-state index contributed by atoms with van der Waals surface area (Å²) >= 11 is 0. The van der Waals surface area contributed by atoms with E-state index in [1.54, 1.807) is 12.4 Å². The van der Waals surface area contributed by atoms with Crippen LogP contribution in [0.15, 0.2) is 18.5 Å². The lowest BCUT2D eigenvalue weighted by molar-refractivity contribution is -0.126. The molecule has 0 spiro atoms. The number of ether oxygens (including phenoxy) is 1. The molecule has 0 aromatic carbocycles. The average molecular weight is 291 g/mol. The molecule has 21 heavy (non-hydrogen) atoms. The molecule has 3 heterocycles. The van der Waals surface area contributed by atoms with E-state index in [1.807, 2.05) is 6.07 Å². The van der Waals surface area contributed by atoms with E-state index in [0.717, 1.165) is 38.4 Å². The van der Waals surface area contributed by atoms with Crippen molar-refractivity contribution in [1.29, 1.82) is 0 Å². The fourth-order valence-corrected chi connectivity index (χ4v) is 2.71. The molecule has 1 unspecified atom stereocenters. The van der Waals surface area contributed by atoms with Gasteiger partial charge in [0, 0.05) is 38.1 Å². The number of morpholine rings is 1. The van der Waals surface area contributed by atoms with Crippen molar-refractivity contribution in [1.82, 2.24) is 20.6 Å². The van der Waals surface area contributed by atoms with Gasteiger partial charge in [0.05, 0.1) is 13.2 Å². The number of amides is 1. The number of aromatic nitrogens is 2. The van der Waals surface area contributed by atoms with Crippen LogP contribution in [0, 0.1) is 0 Å². The molecule has 0 radical (unpaired) electrons. The minimum Gasteiger partial charge on any atom is -0.378 e. The van der Waals surface area contributed by atoms with Gasteiger partial charge in [0.1, 0.15) is 6.04 Å². The predicted octanol–water partition coefficient (Wildman–Crippen LogP) is -0.450. The zero-order chi connectivity index (χ0) is 14.5. The summed E-state index contributed by atoms with van der Waals surface area (Å²) in [7, 11) is 0. The Bertz CT molecular complexity index is 456. The molecule has 2 aliphatic heterocycles. The average Bonchev–Trinajstić information content (AvgIpc) is 2.57. The summed E-state index contributed by atoms with van der Waals surface area (Å²) in [4.78, 5) is 22.8. The molecule has 0 saturated carbocycles. The topological polar surface area (TPSA) is 79.4 Å². The zero-order valence-electron chi connectivity index (χ0n) is 12.0. The highest BCUT2D eigenvalue weighted by Gasteiger charge is 2.26. The van der Waals surface area contributed by atoms with Crippen LogP contribution in [0.1, 0.15) is 12.8 Å². The van der Waals surface area contributed by atoms with Gasteiger partial charge in [-0.1, -0.05) is 0 Å². The van der Waals surface area contributed by atoms with Crippen molar-refractivity contribution in [2.24, 2.45) is 0 Å². The molecule has 2 saturated heterocycles. The van der Waals surface area contributed by atoms with E-state index in [-0.39, 0.29) is 18.0 Å². The fourth-order valence-electron chi connectivity index (χ4n) is 2.71. The van der Waals surface area contributed by atoms with Gasteiger partial charge in [0.25, 0.3) is 0 Å². The molecule has 2 aliphatic rings. The van der Waals surface area contributed by atoms with Crippen molar-refractivity contribution < 1.29 is 9.53 Å². The molecule has 1 atom stereocenters. The molecule has 1 aromatic heterocycles. The van der Waals surface area contributed by atoms with Crippen LogP contribution in [-0.4, -0.2) is 60.8 Å². The second kappa shape index (κ2) is 6.82. The van der Waals surface area contributed by atoms with Gasteiger partial charge in [-0.25, -0.2) is 9.97 Å². The molecule has 0 bridgehead atoms. The van der Waals surface area contributed by atoms with Crippen molar-refractivity contribution in [3.8, 4) is 0 Å². The molecule has 7 nitrogen and oxygen atoms in total. The number of carbonyl (C=O) groups excluding carboxylic acids is 1. The van der Waals surface area contributed by atoms with Gasteiger partial charge in [-0.05, 0) is 18.9 Å². The second-order valence-electron chi connectivity index (χ2n) is 5.40. The first-order chi connectivity index (χ1) is 10.3. The first kappa shape index (κ1) is 14.2. The number of hydrogen-bond donors (Lipinski definition) is 2. The van der Waals surface area contributed by atoms with Crippen LogP contribution in [0.4, 0.5) is 5.95 Å². The standard InChI is InChI=1S/C14H21N5O2/c20-13(12-10-21-9-6-15-12)18-11-2-7-19(8-3-11)14-16-4-1-5-17-14/h1,4-5,11-12,15H,2-3,6-10H2,(H,18,20). The number of piperidine rings is 1. The van der Waals surface area contributed by atoms with Gasteiger partial charge in [-0.15, -0.1) is 0 Å². The minimum atomic E-state index is -0.214. The number of nitrogens with one attached hydrogen (secondary N) is 2. The number of carbonyl (C=O) groups is 1. The van der Waals surface area contributed by atoms with Crippen LogP contribution in [0.2, 0.25) is 0 Å². The van der Waals surface area contributed by atoms with Gasteiger partial charge in [0.15, 0.2) is 0 Å². The summed E-state index contributed by atoms with van der Waals surface area (Å²) < 4.78 is 5.32. The fraction of sp³-hybridized carbons (Fsp3) is 0.643. The summed E-state index contributed by atoms with van der Waals surface area (Å²) in [5, 5.41) is 6.29. The first-order valence-corrected chi connectivity index (χ1v) is 7.46. The highest BCUT2D eigenvalue weighted by Crippen LogP contribution is 2.15. The lowest BCUT2D eigenvalue weighted by Crippen LogP contribution is -2.55. The Labute approximate surface area is 124 Å². The number of hydrogen-bond acceptors (Lipinski definition) is 6. The van der Waals surface area contributed by atoms with Gasteiger partial charge < -0.3 is 20.3 Å². The number of nitrogens with zero attached hydrogens (tertiary/aromatic N) is 3. The van der Waals surface area contributed by atoms with Crippen molar-refractivity contribution in [2.45, 2.75) is 24.9 Å². The van der Waals surface area contributed by atoms with Crippen LogP contribution < -0.4 is 15.5 Å². The third kappa shape index (κ3) is 3.68. The lowest BCUT2D eigenvalue weighted by Gasteiger charge is -2.33. The largest absolute Gasteiger partial charge is 0.378 e. The van der Waals surface area contributed by atoms with Crippen molar-refractivity contribution in [3.05, 3.63) is 18.5 Å². The van der Waals surface area contributed by atoms with Crippen molar-refractivity contribution >= 4 is 11.9 Å². The molecule has 3 rings (SSSR count). The molecule has 1 aromatic rings. The summed E-state index contributed by atoms with van der Waals surface area (Å²) in [6, 6.07) is 1.82. The smallest absolute Gasteiger partial charge is 0.239 e. The predicted molar refractivity (Wildman–Crippen MR) is 78.0 cm³/mol. The number of anilines is 1. The zero-order valence-corrected chi connectivity index (χ0v) is 12.0. The van der Waals surface area contributed by atoms with E-state index in [9.17, 15) is 4.79 Å². The van der Waals surface area contributed by atoms with Crippen molar-refractivity contribution in [2.75, 3.05) is 37.7 Å². The molecule has 0 aliphatic carbocycles. The Morgan fingerprint density at radius 3 is 2.76 bits per heavy atom. The Morgan fingerprint density at radius 1 is 1.33 bits per heavy atom. The van der Waals surface area contributed by atoms with Gasteiger partial charge in [0.2, 0.25) is 11.9 Å². The Kier molecular flexibility index (Phi) is 4.62. The van der Waals surface area contributed by atoms with Crippen LogP contribution >= 0.6 is 0 Å². The monoisotopic (exact) mass is 291 g/mol. The van der Waals surface area contributed by atoms with E-state index < -0.39 is 0 Å². The van der Waals surface area contributed by atoms with E-state index >= 15 is 0 Å². The SMILES string of the molecule is O=C(NC1CCN(c2ncccn2)CC1)C1COCCN1. The summed E-state index contributed by atoms with van der Waals surface area (Å²) in [5.74, 6) is 0.814. The summed E-state index contributed by atoms with van der Waals surface area (Å²) in [5.41, 5.74) is 0. The molecule has 1 amide bonds. The molecular formula is C14H21N5O2. The van der Waals surface area contributed by atoms with Gasteiger partial charge in [-0.3, -0.25) is 4.79 Å². The summed E-state index contributed by atoms with van der Waals surface area (Å²) in [6.45, 7) is 3.61. The van der Waals surface area contributed by atoms with Crippen molar-refractivity contribution in [3.63, 3.8) is 0 Å². The minimum absolute atomic E-state index is 0.0455. The number of rotatable bonds is 3. The Hall–Kier alpha value is -1.73. The maximum Gasteiger partial charge on any atom is 0.239 e. The second-order valence-corrected chi connectivity index (χ2v) is 5.40. The van der Waals surface area contributed by atoms with Crippen LogP contribution in [0.25, 0.3) is 0 Å².